The predicted octanol–water partition coefficient (Wildman–Crippen LogP) is 1.22. The van der Waals surface area contributed by atoms with Crippen LogP contribution in [0.15, 0.2) is 0 Å². The molecule has 0 aromatic carbocycles. The predicted molar refractivity (Wildman–Crippen MR) is 66.5 cm³/mol. The van der Waals surface area contributed by atoms with Crippen molar-refractivity contribution in [3.05, 3.63) is 0 Å². The molecule has 2 rings (SSSR count). The maximum Gasteiger partial charge on any atom is 0.0446 e. The first-order chi connectivity index (χ1) is 7.90. The van der Waals surface area contributed by atoms with Crippen molar-refractivity contribution in [3.63, 3.8) is 0 Å². The van der Waals surface area contributed by atoms with E-state index in [9.17, 15) is 0 Å². The van der Waals surface area contributed by atoms with Gasteiger partial charge in [-0.05, 0) is 25.2 Å². The van der Waals surface area contributed by atoms with Gasteiger partial charge >= 0.3 is 0 Å². The Balaban J connectivity index is 1.80. The Kier molecular flexibility index (Phi) is 5.07. The normalized spacial score (nSPS) is 29.4. The molecule has 3 nitrogen and oxygen atoms in total. The van der Waals surface area contributed by atoms with Crippen molar-refractivity contribution in [1.29, 1.82) is 0 Å². The number of nitrogens with one attached hydrogen (secondary N) is 1. The van der Waals surface area contributed by atoms with Gasteiger partial charge in [0.05, 0.1) is 0 Å². The molecule has 0 bridgehead atoms. The minimum atomic E-state index is 0.327. The van der Waals surface area contributed by atoms with Crippen LogP contribution >= 0.6 is 0 Å². The Morgan fingerprint density at radius 1 is 1.19 bits per heavy atom. The van der Waals surface area contributed by atoms with Crippen molar-refractivity contribution in [2.45, 2.75) is 44.6 Å². The lowest BCUT2D eigenvalue weighted by atomic mass is 9.88. The quantitative estimate of drug-likeness (QED) is 0.756. The summed E-state index contributed by atoms with van der Waals surface area (Å²) in [5, 5.41) is 12.5. The molecule has 1 atom stereocenters. The molecule has 1 aliphatic heterocycles. The second kappa shape index (κ2) is 6.58. The van der Waals surface area contributed by atoms with Crippen molar-refractivity contribution in [3.8, 4) is 0 Å². The fourth-order valence-corrected chi connectivity index (χ4v) is 3.18. The summed E-state index contributed by atoms with van der Waals surface area (Å²) in [5.74, 6) is 0.924. The first kappa shape index (κ1) is 12.3. The first-order valence-corrected chi connectivity index (χ1v) is 6.96. The van der Waals surface area contributed by atoms with Crippen LogP contribution in [0.5, 0.6) is 0 Å². The lowest BCUT2D eigenvalue weighted by Crippen LogP contribution is -2.52. The Labute approximate surface area is 99.2 Å². The molecule has 0 unspecified atom stereocenters. The fourth-order valence-electron chi connectivity index (χ4n) is 3.18. The topological polar surface area (TPSA) is 35.5 Å². The van der Waals surface area contributed by atoms with Crippen LogP contribution in [0.2, 0.25) is 0 Å². The highest BCUT2D eigenvalue weighted by Crippen LogP contribution is 2.25. The third-order valence-electron chi connectivity index (χ3n) is 4.15. The van der Waals surface area contributed by atoms with Gasteiger partial charge in [0, 0.05) is 38.8 Å². The number of hydrogen-bond donors (Lipinski definition) is 2. The molecule has 3 heteroatoms. The van der Waals surface area contributed by atoms with Crippen molar-refractivity contribution < 1.29 is 5.11 Å². The molecule has 2 aliphatic rings. The van der Waals surface area contributed by atoms with E-state index in [0.717, 1.165) is 25.4 Å². The smallest absolute Gasteiger partial charge is 0.0446 e. The molecule has 0 aromatic heterocycles. The number of hydrogen-bond acceptors (Lipinski definition) is 3. The maximum absolute atomic E-state index is 9.09. The number of aliphatic hydroxyl groups is 1. The van der Waals surface area contributed by atoms with Gasteiger partial charge in [0.2, 0.25) is 0 Å². The Hall–Kier alpha value is -0.120. The minimum Gasteiger partial charge on any atom is -0.396 e. The van der Waals surface area contributed by atoms with Crippen molar-refractivity contribution >= 4 is 0 Å². The van der Waals surface area contributed by atoms with E-state index < -0.39 is 0 Å². The van der Waals surface area contributed by atoms with E-state index in [1.165, 1.54) is 45.2 Å². The molecule has 1 aliphatic carbocycles. The number of nitrogens with zero attached hydrogens (tertiary/aromatic N) is 1. The zero-order valence-electron chi connectivity index (χ0n) is 10.3. The summed E-state index contributed by atoms with van der Waals surface area (Å²) in [6, 6.07) is 0.570. The van der Waals surface area contributed by atoms with Gasteiger partial charge in [-0.25, -0.2) is 0 Å². The van der Waals surface area contributed by atoms with E-state index in [1.807, 2.05) is 0 Å². The van der Waals surface area contributed by atoms with Crippen molar-refractivity contribution in [2.75, 3.05) is 32.8 Å². The second-order valence-corrected chi connectivity index (χ2v) is 5.37. The highest BCUT2D eigenvalue weighted by atomic mass is 16.3. The zero-order chi connectivity index (χ0) is 11.2. The largest absolute Gasteiger partial charge is 0.396 e. The van der Waals surface area contributed by atoms with Gasteiger partial charge in [0.15, 0.2) is 0 Å². The van der Waals surface area contributed by atoms with Crippen LogP contribution < -0.4 is 5.32 Å². The van der Waals surface area contributed by atoms with Crippen LogP contribution in [0, 0.1) is 5.92 Å². The van der Waals surface area contributed by atoms with Crippen LogP contribution in [0.4, 0.5) is 0 Å². The Morgan fingerprint density at radius 3 is 2.75 bits per heavy atom. The van der Waals surface area contributed by atoms with Gasteiger partial charge in [0.25, 0.3) is 0 Å². The van der Waals surface area contributed by atoms with Crippen LogP contribution in [0.1, 0.15) is 38.5 Å². The molecule has 0 radical (unpaired) electrons. The van der Waals surface area contributed by atoms with Gasteiger partial charge in [0.1, 0.15) is 0 Å². The fraction of sp³-hybridized carbons (Fsp3) is 1.00. The summed E-state index contributed by atoms with van der Waals surface area (Å²) >= 11 is 0. The van der Waals surface area contributed by atoms with E-state index in [2.05, 4.69) is 10.2 Å². The third-order valence-corrected chi connectivity index (χ3v) is 4.15. The van der Waals surface area contributed by atoms with Gasteiger partial charge in [-0.2, -0.15) is 0 Å². The molecule has 0 amide bonds. The summed E-state index contributed by atoms with van der Waals surface area (Å²) < 4.78 is 0. The lowest BCUT2D eigenvalue weighted by Gasteiger charge is -2.39. The van der Waals surface area contributed by atoms with Gasteiger partial charge < -0.3 is 10.4 Å². The van der Waals surface area contributed by atoms with Crippen LogP contribution in [-0.2, 0) is 0 Å². The molecule has 2 N–H and O–H groups in total. The summed E-state index contributed by atoms with van der Waals surface area (Å²) in [5.41, 5.74) is 0. The second-order valence-electron chi connectivity index (χ2n) is 5.37. The SMILES string of the molecule is OCC[C@@H]1CNCCN1CC1CCCCC1. The molecule has 94 valence electrons. The summed E-state index contributed by atoms with van der Waals surface area (Å²) in [4.78, 5) is 2.61. The van der Waals surface area contributed by atoms with Crippen molar-refractivity contribution in [2.24, 2.45) is 5.92 Å². The van der Waals surface area contributed by atoms with Crippen LogP contribution in [0.25, 0.3) is 0 Å². The van der Waals surface area contributed by atoms with Gasteiger partial charge in [-0.1, -0.05) is 19.3 Å². The van der Waals surface area contributed by atoms with Crippen LogP contribution in [-0.4, -0.2) is 48.8 Å². The molecule has 0 aromatic rings. The van der Waals surface area contributed by atoms with E-state index in [1.54, 1.807) is 0 Å². The highest BCUT2D eigenvalue weighted by Gasteiger charge is 2.24. The number of piperazine rings is 1. The van der Waals surface area contributed by atoms with E-state index in [-0.39, 0.29) is 0 Å². The number of aliphatic hydroxyl groups excluding tert-OH is 1. The minimum absolute atomic E-state index is 0.327. The Bertz CT molecular complexity index is 190. The molecular weight excluding hydrogens is 200 g/mol. The third kappa shape index (κ3) is 3.44. The highest BCUT2D eigenvalue weighted by molar-refractivity contribution is 4.82. The Morgan fingerprint density at radius 2 is 2.00 bits per heavy atom. The monoisotopic (exact) mass is 226 g/mol. The molecule has 1 saturated carbocycles. The van der Waals surface area contributed by atoms with Crippen molar-refractivity contribution in [1.82, 2.24) is 10.2 Å². The average Bonchev–Trinajstić information content (AvgIpc) is 2.33. The average molecular weight is 226 g/mol. The van der Waals surface area contributed by atoms with E-state index >= 15 is 0 Å². The van der Waals surface area contributed by atoms with E-state index in [0.29, 0.717) is 12.6 Å². The maximum atomic E-state index is 9.09. The zero-order valence-corrected chi connectivity index (χ0v) is 10.3. The summed E-state index contributed by atoms with van der Waals surface area (Å²) in [6.45, 7) is 4.95. The molecule has 0 spiro atoms. The molecule has 2 fully saturated rings. The summed E-state index contributed by atoms with van der Waals surface area (Å²) in [7, 11) is 0. The number of rotatable bonds is 4. The standard InChI is InChI=1S/C13H26N2O/c16-9-6-13-10-14-7-8-15(13)11-12-4-2-1-3-5-12/h12-14,16H,1-11H2/t13-/m1/s1. The van der Waals surface area contributed by atoms with Crippen LogP contribution in [0.3, 0.4) is 0 Å². The van der Waals surface area contributed by atoms with Gasteiger partial charge in [-0.3, -0.25) is 4.90 Å². The molecule has 1 saturated heterocycles. The molecule has 1 heterocycles. The van der Waals surface area contributed by atoms with Gasteiger partial charge in [-0.15, -0.1) is 0 Å². The van der Waals surface area contributed by atoms with E-state index in [4.69, 9.17) is 5.11 Å². The lowest BCUT2D eigenvalue weighted by molar-refractivity contribution is 0.103. The molecule has 16 heavy (non-hydrogen) atoms. The summed E-state index contributed by atoms with van der Waals surface area (Å²) in [6.07, 6.45) is 8.09. The first-order valence-electron chi connectivity index (χ1n) is 6.96. The molecular formula is C13H26N2O.